The minimum atomic E-state index is 0.610. The van der Waals surface area contributed by atoms with Crippen molar-refractivity contribution in [1.82, 2.24) is 9.78 Å². The van der Waals surface area contributed by atoms with Gasteiger partial charge in [-0.1, -0.05) is 41.9 Å². The van der Waals surface area contributed by atoms with Crippen LogP contribution >= 0.6 is 11.6 Å². The fraction of sp³-hybridized carbons (Fsp3) is 0.0625. The van der Waals surface area contributed by atoms with E-state index in [0.717, 1.165) is 22.4 Å². The summed E-state index contributed by atoms with van der Waals surface area (Å²) in [5.41, 5.74) is 9.90. The molecule has 4 heteroatoms. The van der Waals surface area contributed by atoms with E-state index in [0.29, 0.717) is 11.6 Å². The van der Waals surface area contributed by atoms with Crippen LogP contribution in [0.25, 0.3) is 11.1 Å². The Kier molecular flexibility index (Phi) is 3.44. The highest BCUT2D eigenvalue weighted by atomic mass is 35.5. The summed E-state index contributed by atoms with van der Waals surface area (Å²) in [5.74, 6) is 0. The zero-order valence-corrected chi connectivity index (χ0v) is 11.6. The molecule has 0 radical (unpaired) electrons. The smallest absolute Gasteiger partial charge is 0.0680 e. The molecule has 20 heavy (non-hydrogen) atoms. The first-order chi connectivity index (χ1) is 9.72. The number of anilines is 1. The van der Waals surface area contributed by atoms with Gasteiger partial charge >= 0.3 is 0 Å². The lowest BCUT2D eigenvalue weighted by molar-refractivity contribution is 0.688. The maximum absolute atomic E-state index is 6.00. The molecule has 0 amide bonds. The van der Waals surface area contributed by atoms with E-state index >= 15 is 0 Å². The quantitative estimate of drug-likeness (QED) is 0.742. The number of hydrogen-bond donors (Lipinski definition) is 1. The summed E-state index contributed by atoms with van der Waals surface area (Å²) < 4.78 is 1.87. The van der Waals surface area contributed by atoms with Gasteiger partial charge in [-0.25, -0.2) is 0 Å². The Bertz CT molecular complexity index is 720. The van der Waals surface area contributed by atoms with Gasteiger partial charge in [-0.15, -0.1) is 0 Å². The second-order valence-corrected chi connectivity index (χ2v) is 5.07. The first kappa shape index (κ1) is 12.8. The number of benzene rings is 2. The van der Waals surface area contributed by atoms with Gasteiger partial charge < -0.3 is 5.73 Å². The molecule has 3 rings (SSSR count). The molecule has 0 aliphatic rings. The van der Waals surface area contributed by atoms with Crippen molar-refractivity contribution < 1.29 is 0 Å². The highest BCUT2D eigenvalue weighted by Crippen LogP contribution is 2.21. The molecule has 3 nitrogen and oxygen atoms in total. The van der Waals surface area contributed by atoms with E-state index in [1.807, 2.05) is 47.4 Å². The van der Waals surface area contributed by atoms with Crippen molar-refractivity contribution in [3.8, 4) is 11.1 Å². The molecule has 100 valence electrons. The largest absolute Gasteiger partial charge is 0.398 e. The number of nitrogens with zero attached hydrogens (tertiary/aromatic N) is 2. The molecule has 2 N–H and O–H groups in total. The van der Waals surface area contributed by atoms with Gasteiger partial charge in [0.15, 0.2) is 0 Å². The van der Waals surface area contributed by atoms with Crippen LogP contribution in [-0.2, 0) is 6.54 Å². The lowest BCUT2D eigenvalue weighted by Gasteiger charge is -2.06. The van der Waals surface area contributed by atoms with Crippen LogP contribution in [0.4, 0.5) is 5.69 Å². The highest BCUT2D eigenvalue weighted by Gasteiger charge is 2.05. The van der Waals surface area contributed by atoms with Gasteiger partial charge in [0.1, 0.15) is 0 Å². The Balaban J connectivity index is 1.86. The fourth-order valence-electron chi connectivity index (χ4n) is 2.12. The summed E-state index contributed by atoms with van der Waals surface area (Å²) >= 11 is 6.00. The third-order valence-electron chi connectivity index (χ3n) is 3.18. The maximum atomic E-state index is 6.00. The van der Waals surface area contributed by atoms with Gasteiger partial charge in [0.2, 0.25) is 0 Å². The minimum absolute atomic E-state index is 0.610. The first-order valence-corrected chi connectivity index (χ1v) is 6.72. The van der Waals surface area contributed by atoms with E-state index in [9.17, 15) is 0 Å². The average molecular weight is 284 g/mol. The number of halogens is 1. The van der Waals surface area contributed by atoms with Gasteiger partial charge in [-0.3, -0.25) is 4.68 Å². The van der Waals surface area contributed by atoms with Crippen molar-refractivity contribution in [2.75, 3.05) is 5.73 Å². The van der Waals surface area contributed by atoms with Gasteiger partial charge in [0.05, 0.1) is 12.7 Å². The molecule has 3 aromatic rings. The molecule has 0 spiro atoms. The molecule has 0 bridgehead atoms. The molecule has 0 unspecified atom stereocenters. The van der Waals surface area contributed by atoms with E-state index in [1.165, 1.54) is 0 Å². The molecule has 2 aromatic carbocycles. The van der Waals surface area contributed by atoms with Gasteiger partial charge in [0, 0.05) is 22.5 Å². The van der Waals surface area contributed by atoms with Crippen LogP contribution in [0.1, 0.15) is 5.56 Å². The number of hydrogen-bond acceptors (Lipinski definition) is 2. The average Bonchev–Trinajstić information content (AvgIpc) is 2.92. The van der Waals surface area contributed by atoms with Crippen LogP contribution in [0.2, 0.25) is 5.02 Å². The minimum Gasteiger partial charge on any atom is -0.398 e. The van der Waals surface area contributed by atoms with Crippen molar-refractivity contribution in [2.24, 2.45) is 0 Å². The second-order valence-electron chi connectivity index (χ2n) is 4.64. The molecule has 0 fully saturated rings. The lowest BCUT2D eigenvalue weighted by atomic mass is 10.1. The van der Waals surface area contributed by atoms with Gasteiger partial charge in [0.25, 0.3) is 0 Å². The molecule has 1 heterocycles. The summed E-state index contributed by atoms with van der Waals surface area (Å²) in [5, 5.41) is 5.06. The Hall–Kier alpha value is -2.26. The van der Waals surface area contributed by atoms with E-state index in [-0.39, 0.29) is 0 Å². The predicted octanol–water partition coefficient (Wildman–Crippen LogP) is 3.83. The Morgan fingerprint density at radius 1 is 1.05 bits per heavy atom. The lowest BCUT2D eigenvalue weighted by Crippen LogP contribution is -2.03. The van der Waals surface area contributed by atoms with Crippen LogP contribution in [0, 0.1) is 0 Å². The third-order valence-corrected chi connectivity index (χ3v) is 3.41. The molecule has 0 aliphatic heterocycles. The van der Waals surface area contributed by atoms with Crippen molar-refractivity contribution in [3.63, 3.8) is 0 Å². The highest BCUT2D eigenvalue weighted by molar-refractivity contribution is 6.30. The summed E-state index contributed by atoms with van der Waals surface area (Å²) in [4.78, 5) is 0. The van der Waals surface area contributed by atoms with E-state index in [2.05, 4.69) is 17.2 Å². The normalized spacial score (nSPS) is 10.7. The van der Waals surface area contributed by atoms with Crippen LogP contribution in [0.5, 0.6) is 0 Å². The van der Waals surface area contributed by atoms with Gasteiger partial charge in [-0.2, -0.15) is 5.10 Å². The molecule has 0 atom stereocenters. The molecule has 0 aliphatic carbocycles. The Morgan fingerprint density at radius 2 is 1.85 bits per heavy atom. The van der Waals surface area contributed by atoms with E-state index < -0.39 is 0 Å². The monoisotopic (exact) mass is 283 g/mol. The fourth-order valence-corrected chi connectivity index (χ4v) is 2.31. The van der Waals surface area contributed by atoms with E-state index in [4.69, 9.17) is 17.3 Å². The number of nitrogens with two attached hydrogens (primary N) is 1. The van der Waals surface area contributed by atoms with E-state index in [1.54, 1.807) is 6.07 Å². The Morgan fingerprint density at radius 3 is 2.65 bits per heavy atom. The molecular weight excluding hydrogens is 270 g/mol. The third kappa shape index (κ3) is 2.68. The van der Waals surface area contributed by atoms with Crippen molar-refractivity contribution in [3.05, 3.63) is 71.5 Å². The second kappa shape index (κ2) is 5.39. The van der Waals surface area contributed by atoms with Gasteiger partial charge in [-0.05, 0) is 29.3 Å². The number of nitrogen functional groups attached to an aromatic ring is 1. The SMILES string of the molecule is Nc1ccc(Cl)cc1Cn1cc(-c2ccccc2)cn1. The molecular formula is C16H14ClN3. The first-order valence-electron chi connectivity index (χ1n) is 6.34. The van der Waals surface area contributed by atoms with Crippen molar-refractivity contribution in [2.45, 2.75) is 6.54 Å². The summed E-state index contributed by atoms with van der Waals surface area (Å²) in [7, 11) is 0. The van der Waals surface area contributed by atoms with Crippen molar-refractivity contribution in [1.29, 1.82) is 0 Å². The topological polar surface area (TPSA) is 43.8 Å². The van der Waals surface area contributed by atoms with Crippen LogP contribution in [-0.4, -0.2) is 9.78 Å². The summed E-state index contributed by atoms with van der Waals surface area (Å²) in [6.45, 7) is 0.610. The van der Waals surface area contributed by atoms with Crippen LogP contribution in [0.15, 0.2) is 60.9 Å². The molecule has 0 saturated carbocycles. The number of rotatable bonds is 3. The van der Waals surface area contributed by atoms with Crippen LogP contribution < -0.4 is 5.73 Å². The zero-order valence-electron chi connectivity index (χ0n) is 10.8. The van der Waals surface area contributed by atoms with Crippen molar-refractivity contribution >= 4 is 17.3 Å². The standard InChI is InChI=1S/C16H14ClN3/c17-15-6-7-16(18)13(8-15)10-20-11-14(9-19-20)12-4-2-1-3-5-12/h1-9,11H,10,18H2. The number of aromatic nitrogens is 2. The molecule has 1 aromatic heterocycles. The predicted molar refractivity (Wildman–Crippen MR) is 82.6 cm³/mol. The summed E-state index contributed by atoms with van der Waals surface area (Å²) in [6, 6.07) is 15.6. The maximum Gasteiger partial charge on any atom is 0.0680 e. The summed E-state index contributed by atoms with van der Waals surface area (Å²) in [6.07, 6.45) is 3.87. The van der Waals surface area contributed by atoms with Crippen LogP contribution in [0.3, 0.4) is 0 Å². The Labute approximate surface area is 122 Å². The molecule has 0 saturated heterocycles. The zero-order chi connectivity index (χ0) is 13.9.